The SMILES string of the molecule is COCC(=O)COc1cccc(C#N)c1. The monoisotopic (exact) mass is 205 g/mol. The number of nitriles is 1. The summed E-state index contributed by atoms with van der Waals surface area (Å²) in [7, 11) is 1.45. The molecule has 0 amide bonds. The third-order valence-corrected chi connectivity index (χ3v) is 1.67. The van der Waals surface area contributed by atoms with Crippen molar-refractivity contribution in [3.05, 3.63) is 29.8 Å². The lowest BCUT2D eigenvalue weighted by atomic mass is 10.2. The molecule has 0 saturated carbocycles. The molecule has 0 saturated heterocycles. The molecule has 1 aromatic carbocycles. The average Bonchev–Trinajstić information content (AvgIpc) is 2.27. The fraction of sp³-hybridized carbons (Fsp3) is 0.273. The van der Waals surface area contributed by atoms with Crippen molar-refractivity contribution in [2.45, 2.75) is 0 Å². The Morgan fingerprint density at radius 3 is 2.93 bits per heavy atom. The Labute approximate surface area is 88.0 Å². The van der Waals surface area contributed by atoms with Crippen LogP contribution < -0.4 is 4.74 Å². The van der Waals surface area contributed by atoms with Gasteiger partial charge in [-0.2, -0.15) is 5.26 Å². The van der Waals surface area contributed by atoms with Crippen LogP contribution in [0.3, 0.4) is 0 Å². The molecule has 0 aliphatic rings. The van der Waals surface area contributed by atoms with Crippen LogP contribution in [0.2, 0.25) is 0 Å². The fourth-order valence-electron chi connectivity index (χ4n) is 1.02. The van der Waals surface area contributed by atoms with Crippen LogP contribution in [-0.2, 0) is 9.53 Å². The van der Waals surface area contributed by atoms with Gasteiger partial charge in [-0.05, 0) is 18.2 Å². The first-order valence-electron chi connectivity index (χ1n) is 4.40. The average molecular weight is 205 g/mol. The maximum atomic E-state index is 11.1. The standard InChI is InChI=1S/C11H11NO3/c1-14-7-10(13)8-15-11-4-2-3-9(5-11)6-12/h2-5H,7-8H2,1H3. The largest absolute Gasteiger partial charge is 0.486 e. The van der Waals surface area contributed by atoms with Crippen molar-refractivity contribution in [3.63, 3.8) is 0 Å². The molecular weight excluding hydrogens is 194 g/mol. The molecule has 1 rings (SSSR count). The van der Waals surface area contributed by atoms with Crippen LogP contribution in [0.4, 0.5) is 0 Å². The summed E-state index contributed by atoms with van der Waals surface area (Å²) in [6.45, 7) is 0.000657. The molecular formula is C11H11NO3. The van der Waals surface area contributed by atoms with Crippen molar-refractivity contribution in [1.82, 2.24) is 0 Å². The van der Waals surface area contributed by atoms with Crippen LogP contribution in [0.15, 0.2) is 24.3 Å². The lowest BCUT2D eigenvalue weighted by molar-refractivity contribution is -0.124. The third-order valence-electron chi connectivity index (χ3n) is 1.67. The number of benzene rings is 1. The van der Waals surface area contributed by atoms with Gasteiger partial charge in [0.05, 0.1) is 11.6 Å². The van der Waals surface area contributed by atoms with Crippen molar-refractivity contribution in [3.8, 4) is 11.8 Å². The molecule has 4 heteroatoms. The van der Waals surface area contributed by atoms with E-state index in [-0.39, 0.29) is 19.0 Å². The number of Topliss-reactive ketones (excluding diaryl/α,β-unsaturated/α-hetero) is 1. The summed E-state index contributed by atoms with van der Waals surface area (Å²) in [5, 5.41) is 8.63. The fourth-order valence-corrected chi connectivity index (χ4v) is 1.02. The van der Waals surface area contributed by atoms with Crippen LogP contribution in [0, 0.1) is 11.3 Å². The molecule has 15 heavy (non-hydrogen) atoms. The summed E-state index contributed by atoms with van der Waals surface area (Å²) in [4.78, 5) is 11.1. The minimum absolute atomic E-state index is 0.0390. The van der Waals surface area contributed by atoms with E-state index in [9.17, 15) is 4.79 Å². The van der Waals surface area contributed by atoms with Gasteiger partial charge < -0.3 is 9.47 Å². The van der Waals surface area contributed by atoms with E-state index in [1.54, 1.807) is 24.3 Å². The van der Waals surface area contributed by atoms with Crippen LogP contribution in [0.5, 0.6) is 5.75 Å². The molecule has 0 aliphatic heterocycles. The highest BCUT2D eigenvalue weighted by Gasteiger charge is 2.02. The highest BCUT2D eigenvalue weighted by atomic mass is 16.5. The van der Waals surface area contributed by atoms with Gasteiger partial charge in [-0.1, -0.05) is 6.07 Å². The normalized spacial score (nSPS) is 9.33. The second kappa shape index (κ2) is 5.78. The second-order valence-corrected chi connectivity index (χ2v) is 2.90. The van der Waals surface area contributed by atoms with E-state index in [0.29, 0.717) is 11.3 Å². The van der Waals surface area contributed by atoms with Crippen LogP contribution in [0.1, 0.15) is 5.56 Å². The van der Waals surface area contributed by atoms with Crippen molar-refractivity contribution < 1.29 is 14.3 Å². The maximum absolute atomic E-state index is 11.1. The van der Waals surface area contributed by atoms with E-state index in [2.05, 4.69) is 4.74 Å². The third kappa shape index (κ3) is 3.79. The van der Waals surface area contributed by atoms with Gasteiger partial charge in [0.15, 0.2) is 5.78 Å². The number of hydrogen-bond acceptors (Lipinski definition) is 4. The van der Waals surface area contributed by atoms with E-state index in [4.69, 9.17) is 10.00 Å². The molecule has 0 aliphatic carbocycles. The van der Waals surface area contributed by atoms with Crippen molar-refractivity contribution in [2.24, 2.45) is 0 Å². The van der Waals surface area contributed by atoms with Gasteiger partial charge in [0.2, 0.25) is 0 Å². The van der Waals surface area contributed by atoms with E-state index in [1.807, 2.05) is 6.07 Å². The maximum Gasteiger partial charge on any atom is 0.195 e. The topological polar surface area (TPSA) is 59.3 Å². The Kier molecular flexibility index (Phi) is 4.32. The van der Waals surface area contributed by atoms with Gasteiger partial charge in [-0.15, -0.1) is 0 Å². The number of carbonyl (C=O) groups is 1. The quantitative estimate of drug-likeness (QED) is 0.723. The summed E-state index contributed by atoms with van der Waals surface area (Å²) in [6.07, 6.45) is 0. The Morgan fingerprint density at radius 1 is 1.47 bits per heavy atom. The van der Waals surface area contributed by atoms with Gasteiger partial charge in [0.25, 0.3) is 0 Å². The molecule has 0 aromatic heterocycles. The van der Waals surface area contributed by atoms with E-state index < -0.39 is 0 Å². The van der Waals surface area contributed by atoms with Gasteiger partial charge in [-0.3, -0.25) is 4.79 Å². The zero-order valence-electron chi connectivity index (χ0n) is 8.40. The van der Waals surface area contributed by atoms with Gasteiger partial charge in [0, 0.05) is 7.11 Å². The molecule has 4 nitrogen and oxygen atoms in total. The number of ketones is 1. The Bertz CT molecular complexity index is 382. The smallest absolute Gasteiger partial charge is 0.195 e. The number of carbonyl (C=O) groups excluding carboxylic acids is 1. The molecule has 0 fully saturated rings. The molecule has 78 valence electrons. The Balaban J connectivity index is 2.51. The summed E-state index contributed by atoms with van der Waals surface area (Å²) < 4.78 is 9.84. The highest BCUT2D eigenvalue weighted by molar-refractivity contribution is 5.81. The summed E-state index contributed by atoms with van der Waals surface area (Å²) in [6, 6.07) is 8.64. The minimum Gasteiger partial charge on any atom is -0.486 e. The predicted molar refractivity (Wildman–Crippen MR) is 53.5 cm³/mol. The first-order chi connectivity index (χ1) is 7.26. The van der Waals surface area contributed by atoms with E-state index in [1.165, 1.54) is 7.11 Å². The number of rotatable bonds is 5. The molecule has 0 spiro atoms. The molecule has 0 heterocycles. The van der Waals surface area contributed by atoms with Gasteiger partial charge in [-0.25, -0.2) is 0 Å². The molecule has 0 unspecified atom stereocenters. The number of nitrogens with zero attached hydrogens (tertiary/aromatic N) is 1. The number of methoxy groups -OCH3 is 1. The molecule has 1 aromatic rings. The minimum atomic E-state index is -0.139. The summed E-state index contributed by atoms with van der Waals surface area (Å²) in [5.41, 5.74) is 0.506. The number of hydrogen-bond donors (Lipinski definition) is 0. The van der Waals surface area contributed by atoms with Gasteiger partial charge >= 0.3 is 0 Å². The molecule has 0 atom stereocenters. The highest BCUT2D eigenvalue weighted by Crippen LogP contribution is 2.12. The van der Waals surface area contributed by atoms with Crippen LogP contribution in [-0.4, -0.2) is 26.1 Å². The lowest BCUT2D eigenvalue weighted by Gasteiger charge is -2.04. The van der Waals surface area contributed by atoms with E-state index in [0.717, 1.165) is 0 Å². The van der Waals surface area contributed by atoms with Crippen molar-refractivity contribution in [1.29, 1.82) is 5.26 Å². The first kappa shape index (κ1) is 11.2. The van der Waals surface area contributed by atoms with Crippen LogP contribution in [0.25, 0.3) is 0 Å². The van der Waals surface area contributed by atoms with Crippen LogP contribution >= 0.6 is 0 Å². The zero-order valence-corrected chi connectivity index (χ0v) is 8.40. The van der Waals surface area contributed by atoms with Crippen molar-refractivity contribution >= 4 is 5.78 Å². The van der Waals surface area contributed by atoms with Gasteiger partial charge in [0.1, 0.15) is 19.0 Å². The predicted octanol–water partition coefficient (Wildman–Crippen LogP) is 1.15. The Morgan fingerprint density at radius 2 is 2.27 bits per heavy atom. The zero-order chi connectivity index (χ0) is 11.1. The molecule has 0 radical (unpaired) electrons. The molecule has 0 bridgehead atoms. The summed E-state index contributed by atoms with van der Waals surface area (Å²) >= 11 is 0. The Hall–Kier alpha value is -1.86. The number of ether oxygens (including phenoxy) is 2. The summed E-state index contributed by atoms with van der Waals surface area (Å²) in [5.74, 6) is 0.373. The van der Waals surface area contributed by atoms with Crippen molar-refractivity contribution in [2.75, 3.05) is 20.3 Å². The first-order valence-corrected chi connectivity index (χ1v) is 4.40. The second-order valence-electron chi connectivity index (χ2n) is 2.90. The lowest BCUT2D eigenvalue weighted by Crippen LogP contribution is -2.16. The molecule has 0 N–H and O–H groups in total. The van der Waals surface area contributed by atoms with E-state index >= 15 is 0 Å².